The number of carbonyl (C=O) groups is 1. The number of H-pyrrole nitrogens is 1. The molecule has 0 aliphatic carbocycles. The van der Waals surface area contributed by atoms with E-state index in [2.05, 4.69) is 52.1 Å². The number of hydrogen-bond donors (Lipinski definition) is 2. The van der Waals surface area contributed by atoms with Crippen LogP contribution in [0.1, 0.15) is 47.4 Å². The van der Waals surface area contributed by atoms with Crippen LogP contribution >= 0.6 is 28.3 Å². The van der Waals surface area contributed by atoms with Crippen molar-refractivity contribution in [1.29, 1.82) is 0 Å². The molecule has 3 rings (SSSR count). The van der Waals surface area contributed by atoms with Gasteiger partial charge in [0.2, 0.25) is 0 Å². The van der Waals surface area contributed by atoms with Gasteiger partial charge in [0.25, 0.3) is 5.91 Å². The monoisotopic (exact) mass is 426 g/mol. The summed E-state index contributed by atoms with van der Waals surface area (Å²) in [7, 11) is 0. The van der Waals surface area contributed by atoms with Gasteiger partial charge < -0.3 is 10.6 Å². The lowest BCUT2D eigenvalue weighted by Crippen LogP contribution is -2.30. The Morgan fingerprint density at radius 2 is 2.04 bits per heavy atom. The normalized spacial score (nSPS) is 20.0. The molecule has 2 aromatic rings. The molecular weight excluding hydrogens is 404 g/mol. The van der Waals surface area contributed by atoms with E-state index in [1.807, 2.05) is 23.1 Å². The topological polar surface area (TPSA) is 75.0 Å². The summed E-state index contributed by atoms with van der Waals surface area (Å²) in [5.74, 6) is 0.795. The molecule has 2 heterocycles. The molecule has 1 fully saturated rings. The van der Waals surface area contributed by atoms with Crippen molar-refractivity contribution in [3.05, 3.63) is 51.8 Å². The number of nitrogens with one attached hydrogen (secondary N) is 1. The molecule has 0 bridgehead atoms. The molecule has 1 aliphatic rings. The van der Waals surface area contributed by atoms with Gasteiger partial charge in [-0.2, -0.15) is 5.10 Å². The molecule has 25 heavy (non-hydrogen) atoms. The van der Waals surface area contributed by atoms with Gasteiger partial charge in [-0.25, -0.2) is 0 Å². The number of benzene rings is 1. The van der Waals surface area contributed by atoms with E-state index in [0.29, 0.717) is 25.3 Å². The maximum absolute atomic E-state index is 12.9. The van der Waals surface area contributed by atoms with Crippen molar-refractivity contribution in [1.82, 2.24) is 15.1 Å². The molecule has 1 aromatic heterocycles. The summed E-state index contributed by atoms with van der Waals surface area (Å²) in [5, 5.41) is 7.21. The van der Waals surface area contributed by atoms with Gasteiger partial charge in [0.1, 0.15) is 0 Å². The van der Waals surface area contributed by atoms with E-state index in [4.69, 9.17) is 5.73 Å². The van der Waals surface area contributed by atoms with Gasteiger partial charge in [0.15, 0.2) is 5.69 Å². The van der Waals surface area contributed by atoms with Crippen molar-refractivity contribution in [2.75, 3.05) is 19.6 Å². The molecule has 7 heteroatoms. The maximum Gasteiger partial charge on any atom is 0.275 e. The number of likely N-dealkylation sites (tertiary alicyclic amines) is 1. The van der Waals surface area contributed by atoms with Gasteiger partial charge >= 0.3 is 0 Å². The highest BCUT2D eigenvalue weighted by molar-refractivity contribution is 9.10. The molecule has 1 saturated heterocycles. The second kappa shape index (κ2) is 8.34. The number of aromatic amines is 1. The summed E-state index contributed by atoms with van der Waals surface area (Å²) in [6.07, 6.45) is 0. The van der Waals surface area contributed by atoms with Crippen LogP contribution in [-0.2, 0) is 0 Å². The summed E-state index contributed by atoms with van der Waals surface area (Å²) >= 11 is 3.53. The second-order valence-electron chi connectivity index (χ2n) is 6.68. The minimum Gasteiger partial charge on any atom is -0.336 e. The number of halogens is 2. The van der Waals surface area contributed by atoms with E-state index in [-0.39, 0.29) is 36.1 Å². The van der Waals surface area contributed by atoms with Crippen LogP contribution in [0.15, 0.2) is 34.8 Å². The molecule has 3 N–H and O–H groups in total. The van der Waals surface area contributed by atoms with Crippen LogP contribution in [0.2, 0.25) is 0 Å². The average Bonchev–Trinajstić information content (AvgIpc) is 3.18. The first-order chi connectivity index (χ1) is 11.5. The maximum atomic E-state index is 12.9. The third-order valence-corrected chi connectivity index (χ3v) is 5.57. The predicted octanol–water partition coefficient (Wildman–Crippen LogP) is 3.53. The average molecular weight is 428 g/mol. The number of rotatable bonds is 4. The van der Waals surface area contributed by atoms with Gasteiger partial charge in [-0.3, -0.25) is 9.89 Å². The van der Waals surface area contributed by atoms with Crippen LogP contribution in [0.5, 0.6) is 0 Å². The smallest absolute Gasteiger partial charge is 0.275 e. The van der Waals surface area contributed by atoms with Crippen molar-refractivity contribution in [2.24, 2.45) is 11.7 Å². The fraction of sp³-hybridized carbons (Fsp3) is 0.444. The van der Waals surface area contributed by atoms with E-state index in [1.54, 1.807) is 0 Å². The van der Waals surface area contributed by atoms with Crippen LogP contribution in [0.25, 0.3) is 0 Å². The molecule has 0 radical (unpaired) electrons. The minimum absolute atomic E-state index is 0. The van der Waals surface area contributed by atoms with Crippen LogP contribution in [0.3, 0.4) is 0 Å². The van der Waals surface area contributed by atoms with Gasteiger partial charge in [-0.1, -0.05) is 44.2 Å². The summed E-state index contributed by atoms with van der Waals surface area (Å²) in [6.45, 7) is 6.06. The molecule has 1 amide bonds. The lowest BCUT2D eigenvalue weighted by molar-refractivity contribution is 0.0779. The van der Waals surface area contributed by atoms with E-state index in [0.717, 1.165) is 10.2 Å². The predicted molar refractivity (Wildman–Crippen MR) is 105 cm³/mol. The Labute approximate surface area is 162 Å². The molecule has 1 aromatic carbocycles. The first kappa shape index (κ1) is 19.9. The van der Waals surface area contributed by atoms with Crippen molar-refractivity contribution >= 4 is 34.2 Å². The van der Waals surface area contributed by atoms with E-state index in [1.165, 1.54) is 5.56 Å². The summed E-state index contributed by atoms with van der Waals surface area (Å²) < 4.78 is 0.773. The lowest BCUT2D eigenvalue weighted by Gasteiger charge is -2.16. The number of nitrogens with zero attached hydrogens (tertiary/aromatic N) is 2. The molecular formula is C18H24BrClN4O. The summed E-state index contributed by atoms with van der Waals surface area (Å²) in [5.41, 5.74) is 8.62. The Kier molecular flexibility index (Phi) is 6.65. The number of amides is 1. The van der Waals surface area contributed by atoms with Crippen molar-refractivity contribution in [2.45, 2.75) is 25.7 Å². The molecule has 5 nitrogen and oxygen atoms in total. The zero-order valence-corrected chi connectivity index (χ0v) is 16.8. The van der Waals surface area contributed by atoms with Crippen molar-refractivity contribution in [3.63, 3.8) is 0 Å². The van der Waals surface area contributed by atoms with Crippen molar-refractivity contribution < 1.29 is 4.79 Å². The van der Waals surface area contributed by atoms with Crippen LogP contribution < -0.4 is 5.73 Å². The van der Waals surface area contributed by atoms with Gasteiger partial charge in [0, 0.05) is 19.0 Å². The highest BCUT2D eigenvalue weighted by atomic mass is 79.9. The van der Waals surface area contributed by atoms with Crippen LogP contribution in [0, 0.1) is 5.92 Å². The first-order valence-corrected chi connectivity index (χ1v) is 9.10. The number of hydrogen-bond acceptors (Lipinski definition) is 3. The second-order valence-corrected chi connectivity index (χ2v) is 7.47. The Balaban J connectivity index is 0.00000225. The molecule has 136 valence electrons. The third kappa shape index (κ3) is 3.91. The highest BCUT2D eigenvalue weighted by Crippen LogP contribution is 2.34. The van der Waals surface area contributed by atoms with Gasteiger partial charge in [0.05, 0.1) is 10.2 Å². The third-order valence-electron chi connectivity index (χ3n) is 4.77. The summed E-state index contributed by atoms with van der Waals surface area (Å²) in [4.78, 5) is 14.8. The Morgan fingerprint density at radius 3 is 2.60 bits per heavy atom. The van der Waals surface area contributed by atoms with Crippen LogP contribution in [-0.4, -0.2) is 40.6 Å². The number of carbonyl (C=O) groups excluding carboxylic acids is 1. The quantitative estimate of drug-likeness (QED) is 0.784. The van der Waals surface area contributed by atoms with E-state index < -0.39 is 0 Å². The van der Waals surface area contributed by atoms with Crippen LogP contribution in [0.4, 0.5) is 0 Å². The van der Waals surface area contributed by atoms with Crippen molar-refractivity contribution in [3.8, 4) is 0 Å². The Bertz CT molecular complexity index is 719. The first-order valence-electron chi connectivity index (χ1n) is 8.31. The standard InChI is InChI=1S/C18H23BrN4O.ClH/c1-11(2)16-15(19)17(22-21-16)18(24)23-9-13(8-20)14(10-23)12-6-4-3-5-7-12;/h3-7,11,13-14H,8-10,20H2,1-2H3,(H,21,22);1H/t13-,14+;/m1./s1. The zero-order chi connectivity index (χ0) is 17.3. The number of aromatic nitrogens is 2. The summed E-state index contributed by atoms with van der Waals surface area (Å²) in [6, 6.07) is 10.3. The lowest BCUT2D eigenvalue weighted by atomic mass is 9.89. The fourth-order valence-corrected chi connectivity index (χ4v) is 4.17. The Morgan fingerprint density at radius 1 is 1.36 bits per heavy atom. The minimum atomic E-state index is -0.0399. The highest BCUT2D eigenvalue weighted by Gasteiger charge is 2.37. The molecule has 0 saturated carbocycles. The van der Waals surface area contributed by atoms with Gasteiger partial charge in [-0.15, -0.1) is 12.4 Å². The SMILES string of the molecule is CC(C)c1[nH]nc(C(=O)N2C[C@@H](CN)[C@H](c3ccccc3)C2)c1Br.Cl. The van der Waals surface area contributed by atoms with E-state index in [9.17, 15) is 4.79 Å². The fourth-order valence-electron chi connectivity index (χ4n) is 3.37. The Hall–Kier alpha value is -1.37. The van der Waals surface area contributed by atoms with E-state index >= 15 is 0 Å². The van der Waals surface area contributed by atoms with Gasteiger partial charge in [-0.05, 0) is 39.9 Å². The molecule has 0 spiro atoms. The molecule has 2 atom stereocenters. The molecule has 1 aliphatic heterocycles. The molecule has 0 unspecified atom stereocenters. The largest absolute Gasteiger partial charge is 0.336 e. The number of nitrogens with two attached hydrogens (primary N) is 1. The zero-order valence-electron chi connectivity index (χ0n) is 14.4.